The van der Waals surface area contributed by atoms with Gasteiger partial charge in [0.25, 0.3) is 0 Å². The number of hydrogen-bond donors (Lipinski definition) is 0. The number of carbonyl (C=O) groups excluding carboxylic acids is 1. The van der Waals surface area contributed by atoms with Crippen LogP contribution in [0.15, 0.2) is 42.1 Å². The van der Waals surface area contributed by atoms with Crippen molar-refractivity contribution in [2.45, 2.75) is 45.4 Å². The lowest BCUT2D eigenvalue weighted by Gasteiger charge is -2.49. The van der Waals surface area contributed by atoms with Crippen molar-refractivity contribution in [2.75, 3.05) is 0 Å². The summed E-state index contributed by atoms with van der Waals surface area (Å²) in [6.07, 6.45) is 4.62. The van der Waals surface area contributed by atoms with E-state index in [0.29, 0.717) is 0 Å². The third-order valence-corrected chi connectivity index (χ3v) is 6.65. The summed E-state index contributed by atoms with van der Waals surface area (Å²) in [4.78, 5) is 16.4. The Bertz CT molecular complexity index is 991. The summed E-state index contributed by atoms with van der Waals surface area (Å²) >= 11 is 0. The van der Waals surface area contributed by atoms with Gasteiger partial charge in [0.15, 0.2) is 5.78 Å². The molecule has 2 aliphatic carbocycles. The van der Waals surface area contributed by atoms with Gasteiger partial charge in [-0.3, -0.25) is 4.68 Å². The fourth-order valence-corrected chi connectivity index (χ4v) is 5.26. The Morgan fingerprint density at radius 2 is 1.96 bits per heavy atom. The molecule has 2 atom stereocenters. The molecule has 0 N–H and O–H groups in total. The van der Waals surface area contributed by atoms with E-state index in [0.717, 1.165) is 25.0 Å². The Morgan fingerprint density at radius 1 is 1.26 bits per heavy atom. The van der Waals surface area contributed by atoms with E-state index in [1.54, 1.807) is 0 Å². The van der Waals surface area contributed by atoms with Gasteiger partial charge in [-0.2, -0.15) is 5.10 Å². The molecular weight excluding hydrogens is 334 g/mol. The first-order valence-electron chi connectivity index (χ1n) is 9.53. The molecule has 1 heterocycles. The van der Waals surface area contributed by atoms with Gasteiger partial charge in [-0.05, 0) is 29.9 Å². The third-order valence-electron chi connectivity index (χ3n) is 6.65. The maximum atomic E-state index is 12.8. The molecule has 0 saturated heterocycles. The maximum absolute atomic E-state index is 12.8. The summed E-state index contributed by atoms with van der Waals surface area (Å²) in [6.45, 7) is 13.6. The second-order valence-electron chi connectivity index (χ2n) is 8.63. The predicted molar refractivity (Wildman–Crippen MR) is 105 cm³/mol. The minimum atomic E-state index is -0.543. The summed E-state index contributed by atoms with van der Waals surface area (Å²) in [5.41, 5.74) is 4.20. The highest BCUT2D eigenvalue weighted by Crippen LogP contribution is 2.54. The van der Waals surface area contributed by atoms with Crippen LogP contribution in [0, 0.1) is 17.9 Å². The molecule has 4 rings (SSSR count). The van der Waals surface area contributed by atoms with Gasteiger partial charge < -0.3 is 4.79 Å². The summed E-state index contributed by atoms with van der Waals surface area (Å²) in [7, 11) is 2.01. The zero-order valence-corrected chi connectivity index (χ0v) is 16.4. The summed E-state index contributed by atoms with van der Waals surface area (Å²) in [6, 6.07) is 10.5. The highest BCUT2D eigenvalue weighted by molar-refractivity contribution is 6.02. The predicted octanol–water partition coefficient (Wildman–Crippen LogP) is 4.24. The van der Waals surface area contributed by atoms with Gasteiger partial charge in [-0.25, -0.2) is 4.85 Å². The average Bonchev–Trinajstić information content (AvgIpc) is 2.96. The van der Waals surface area contributed by atoms with Gasteiger partial charge in [-0.15, -0.1) is 0 Å². The molecule has 2 aliphatic rings. The monoisotopic (exact) mass is 359 g/mol. The minimum absolute atomic E-state index is 0.0242. The van der Waals surface area contributed by atoms with Crippen molar-refractivity contribution >= 4 is 5.78 Å². The number of benzene rings is 1. The number of rotatable bonds is 2. The van der Waals surface area contributed by atoms with Gasteiger partial charge in [0.05, 0.1) is 12.3 Å². The topological polar surface area (TPSA) is 39.2 Å². The van der Waals surface area contributed by atoms with Gasteiger partial charge in [0, 0.05) is 30.0 Å². The number of fused-ring (bicyclic) bond motifs is 3. The largest absolute Gasteiger partial charge is 0.307 e. The van der Waals surface area contributed by atoms with Crippen molar-refractivity contribution in [1.29, 1.82) is 0 Å². The van der Waals surface area contributed by atoms with Crippen LogP contribution in [0.5, 0.6) is 0 Å². The average molecular weight is 359 g/mol. The lowest BCUT2D eigenvalue weighted by molar-refractivity contribution is -0.128. The van der Waals surface area contributed by atoms with Crippen LogP contribution in [0.1, 0.15) is 49.7 Å². The molecule has 27 heavy (non-hydrogen) atoms. The smallest absolute Gasteiger partial charge is 0.226 e. The van der Waals surface area contributed by atoms with Crippen LogP contribution in [0.4, 0.5) is 0 Å². The molecule has 0 spiro atoms. The number of nitrogens with zero attached hydrogens (tertiary/aromatic N) is 3. The summed E-state index contributed by atoms with van der Waals surface area (Å²) < 4.78 is 2.00. The lowest BCUT2D eigenvalue weighted by atomic mass is 9.53. The van der Waals surface area contributed by atoms with Crippen LogP contribution < -0.4 is 0 Å². The molecule has 1 aromatic heterocycles. The molecule has 2 aromatic rings. The van der Waals surface area contributed by atoms with E-state index in [4.69, 9.17) is 11.7 Å². The van der Waals surface area contributed by atoms with Crippen LogP contribution in [-0.4, -0.2) is 15.6 Å². The van der Waals surface area contributed by atoms with E-state index in [1.807, 2.05) is 37.7 Å². The van der Waals surface area contributed by atoms with Crippen molar-refractivity contribution in [3.05, 3.63) is 76.0 Å². The zero-order chi connectivity index (χ0) is 19.4. The summed E-state index contributed by atoms with van der Waals surface area (Å²) in [5, 5.41) is 4.92. The molecule has 0 amide bonds. The first kappa shape index (κ1) is 17.7. The van der Waals surface area contributed by atoms with E-state index in [1.165, 1.54) is 16.8 Å². The SMILES string of the molecule is [C-]#[N+]C1=C[C@]2(C)c3nn(C)c(Cc4ccccc4)c3CC[C@H]2C(C)(C)C1=O. The molecular formula is C23H25N3O. The molecule has 0 saturated carbocycles. The fraction of sp³-hybridized carbons (Fsp3) is 0.435. The summed E-state index contributed by atoms with van der Waals surface area (Å²) in [5.74, 6) is 0.138. The quantitative estimate of drug-likeness (QED) is 0.752. The van der Waals surface area contributed by atoms with Gasteiger partial charge in [0.1, 0.15) is 0 Å². The minimum Gasteiger partial charge on any atom is -0.307 e. The Labute approximate surface area is 160 Å². The van der Waals surface area contributed by atoms with E-state index >= 15 is 0 Å². The van der Waals surface area contributed by atoms with Gasteiger partial charge in [0.2, 0.25) is 5.70 Å². The Morgan fingerprint density at radius 3 is 2.63 bits per heavy atom. The molecule has 138 valence electrons. The van der Waals surface area contributed by atoms with Crippen LogP contribution in [-0.2, 0) is 30.1 Å². The van der Waals surface area contributed by atoms with Gasteiger partial charge >= 0.3 is 0 Å². The number of aromatic nitrogens is 2. The second-order valence-corrected chi connectivity index (χ2v) is 8.63. The number of ketones is 1. The lowest BCUT2D eigenvalue weighted by Crippen LogP contribution is -2.51. The van der Waals surface area contributed by atoms with Crippen LogP contribution in [0.25, 0.3) is 4.85 Å². The van der Waals surface area contributed by atoms with E-state index < -0.39 is 5.41 Å². The fourth-order valence-electron chi connectivity index (χ4n) is 5.26. The van der Waals surface area contributed by atoms with Crippen molar-refractivity contribution in [1.82, 2.24) is 9.78 Å². The molecule has 0 unspecified atom stereocenters. The highest BCUT2D eigenvalue weighted by atomic mass is 16.1. The molecule has 4 heteroatoms. The van der Waals surface area contributed by atoms with Crippen molar-refractivity contribution in [3.8, 4) is 0 Å². The van der Waals surface area contributed by atoms with Crippen molar-refractivity contribution in [2.24, 2.45) is 18.4 Å². The van der Waals surface area contributed by atoms with Crippen LogP contribution >= 0.6 is 0 Å². The number of hydrogen-bond acceptors (Lipinski definition) is 2. The Balaban J connectivity index is 1.86. The number of Topliss-reactive ketones (excluding diaryl/α,β-unsaturated/α-hetero) is 1. The second kappa shape index (κ2) is 5.92. The van der Waals surface area contributed by atoms with E-state index in [9.17, 15) is 4.79 Å². The molecule has 0 bridgehead atoms. The maximum Gasteiger partial charge on any atom is 0.226 e. The first-order valence-corrected chi connectivity index (χ1v) is 9.53. The molecule has 0 aliphatic heterocycles. The molecule has 0 fully saturated rings. The van der Waals surface area contributed by atoms with Gasteiger partial charge in [-0.1, -0.05) is 57.2 Å². The van der Waals surface area contributed by atoms with Crippen molar-refractivity contribution in [3.63, 3.8) is 0 Å². The van der Waals surface area contributed by atoms with E-state index in [-0.39, 0.29) is 22.8 Å². The number of aryl methyl sites for hydroxylation is 1. The Kier molecular flexibility index (Phi) is 3.89. The molecule has 4 nitrogen and oxygen atoms in total. The zero-order valence-electron chi connectivity index (χ0n) is 16.4. The molecule has 1 aromatic carbocycles. The van der Waals surface area contributed by atoms with E-state index in [2.05, 4.69) is 36.0 Å². The number of allylic oxidation sites excluding steroid dienone is 2. The number of carbonyl (C=O) groups is 1. The van der Waals surface area contributed by atoms with Crippen molar-refractivity contribution < 1.29 is 4.79 Å². The Hall–Kier alpha value is -2.67. The normalized spacial score (nSPS) is 26.0. The van der Waals surface area contributed by atoms with Crippen LogP contribution in [0.3, 0.4) is 0 Å². The van der Waals surface area contributed by atoms with Crippen LogP contribution in [0.2, 0.25) is 0 Å². The molecule has 0 radical (unpaired) electrons. The standard InChI is InChI=1S/C23H25N3O/c1-22(2)19-12-11-16-18(13-15-9-7-6-8-10-15)26(5)25-20(16)23(19,3)14-17(24-4)21(22)27/h6-10,14,19H,11-13H2,1-3,5H3/t19-,23-/m0/s1. The third kappa shape index (κ3) is 2.49. The first-order chi connectivity index (χ1) is 12.8. The highest BCUT2D eigenvalue weighted by Gasteiger charge is 2.55.